The van der Waals surface area contributed by atoms with Crippen LogP contribution in [0.2, 0.25) is 0 Å². The van der Waals surface area contributed by atoms with Gasteiger partial charge in [0.15, 0.2) is 5.54 Å². The van der Waals surface area contributed by atoms with E-state index in [1.165, 1.54) is 10.6 Å². The number of ether oxygens (including phenoxy) is 1. The number of amides is 3. The SMILES string of the molecule is CCOC(=O)CN1C(=O)N(CC(O)CN2CCN(c3ccccc3)CC2)C(c2ccccc2)(c2ccccc2)C1=O. The number of benzene rings is 3. The minimum absolute atomic E-state index is 0.0907. The summed E-state index contributed by atoms with van der Waals surface area (Å²) < 4.78 is 5.07. The van der Waals surface area contributed by atoms with Crippen LogP contribution in [-0.2, 0) is 19.9 Å². The molecule has 41 heavy (non-hydrogen) atoms. The number of piperazine rings is 1. The predicted molar refractivity (Wildman–Crippen MR) is 155 cm³/mol. The highest BCUT2D eigenvalue weighted by atomic mass is 16.5. The highest BCUT2D eigenvalue weighted by molar-refractivity contribution is 6.11. The maximum absolute atomic E-state index is 14.3. The maximum atomic E-state index is 14.3. The molecule has 0 bridgehead atoms. The van der Waals surface area contributed by atoms with Crippen LogP contribution in [0.4, 0.5) is 10.5 Å². The first-order valence-corrected chi connectivity index (χ1v) is 14.1. The summed E-state index contributed by atoms with van der Waals surface area (Å²) in [6.07, 6.45) is -0.927. The number of urea groups is 1. The number of β-amino-alcohol motifs (C(OH)–C–C–N with tert-alkyl or cyclic N) is 1. The van der Waals surface area contributed by atoms with Crippen molar-refractivity contribution in [3.63, 3.8) is 0 Å². The first-order valence-electron chi connectivity index (χ1n) is 14.1. The Bertz CT molecular complexity index is 1290. The summed E-state index contributed by atoms with van der Waals surface area (Å²) in [5.74, 6) is -1.21. The van der Waals surface area contributed by atoms with Crippen molar-refractivity contribution in [3.05, 3.63) is 102 Å². The molecule has 0 radical (unpaired) electrons. The predicted octanol–water partition coefficient (Wildman–Crippen LogP) is 2.94. The van der Waals surface area contributed by atoms with Crippen LogP contribution >= 0.6 is 0 Å². The Kier molecular flexibility index (Phi) is 8.66. The average molecular weight is 557 g/mol. The number of anilines is 1. The van der Waals surface area contributed by atoms with Crippen LogP contribution in [0, 0.1) is 0 Å². The number of aliphatic hydroxyl groups excluding tert-OH is 1. The van der Waals surface area contributed by atoms with Crippen LogP contribution in [0.25, 0.3) is 0 Å². The topological polar surface area (TPSA) is 93.6 Å². The molecule has 214 valence electrons. The average Bonchev–Trinajstić information content (AvgIpc) is 3.20. The molecule has 2 aliphatic rings. The van der Waals surface area contributed by atoms with E-state index in [0.717, 1.165) is 31.1 Å². The van der Waals surface area contributed by atoms with Gasteiger partial charge in [-0.25, -0.2) is 4.79 Å². The Balaban J connectivity index is 1.41. The highest BCUT2D eigenvalue weighted by Crippen LogP contribution is 2.43. The third kappa shape index (κ3) is 5.68. The maximum Gasteiger partial charge on any atom is 0.328 e. The van der Waals surface area contributed by atoms with Crippen molar-refractivity contribution in [2.24, 2.45) is 0 Å². The third-order valence-corrected chi connectivity index (χ3v) is 7.75. The van der Waals surface area contributed by atoms with E-state index in [0.29, 0.717) is 17.7 Å². The number of esters is 1. The molecule has 9 nitrogen and oxygen atoms in total. The first kappa shape index (κ1) is 28.3. The van der Waals surface area contributed by atoms with Gasteiger partial charge in [0, 0.05) is 38.4 Å². The second kappa shape index (κ2) is 12.5. The van der Waals surface area contributed by atoms with Gasteiger partial charge in [0.2, 0.25) is 0 Å². The van der Waals surface area contributed by atoms with E-state index in [-0.39, 0.29) is 13.2 Å². The number of hydrogen-bond acceptors (Lipinski definition) is 7. The molecule has 0 aliphatic carbocycles. The Morgan fingerprint density at radius 2 is 1.37 bits per heavy atom. The Labute approximate surface area is 240 Å². The summed E-state index contributed by atoms with van der Waals surface area (Å²) in [5.41, 5.74) is 0.796. The number of aliphatic hydroxyl groups is 1. The lowest BCUT2D eigenvalue weighted by Crippen LogP contribution is -2.53. The van der Waals surface area contributed by atoms with E-state index in [9.17, 15) is 19.5 Å². The van der Waals surface area contributed by atoms with Crippen molar-refractivity contribution in [2.75, 3.05) is 57.3 Å². The van der Waals surface area contributed by atoms with Crippen LogP contribution in [0.3, 0.4) is 0 Å². The number of nitrogens with zero attached hydrogens (tertiary/aromatic N) is 4. The van der Waals surface area contributed by atoms with E-state index in [1.807, 2.05) is 54.6 Å². The molecule has 2 fully saturated rings. The van der Waals surface area contributed by atoms with Gasteiger partial charge in [-0.2, -0.15) is 0 Å². The summed E-state index contributed by atoms with van der Waals surface area (Å²) in [4.78, 5) is 47.5. The zero-order valence-corrected chi connectivity index (χ0v) is 23.3. The van der Waals surface area contributed by atoms with Crippen LogP contribution in [0.15, 0.2) is 91.0 Å². The number of carbonyl (C=O) groups excluding carboxylic acids is 3. The first-order chi connectivity index (χ1) is 19.9. The molecule has 0 spiro atoms. The molecule has 1 atom stereocenters. The standard InChI is InChI=1S/C32H36N4O5/c1-2-41-29(38)24-35-30(39)32(25-12-6-3-7-13-25,26-14-8-4-9-15-26)36(31(35)40)23-28(37)22-33-18-20-34(21-19-33)27-16-10-5-11-17-27/h3-17,28,37H,2,18-24H2,1H3. The van der Waals surface area contributed by atoms with Gasteiger partial charge < -0.3 is 14.7 Å². The van der Waals surface area contributed by atoms with Crippen molar-refractivity contribution < 1.29 is 24.2 Å². The van der Waals surface area contributed by atoms with E-state index in [4.69, 9.17) is 4.74 Å². The summed E-state index contributed by atoms with van der Waals surface area (Å²) in [7, 11) is 0. The zero-order chi connectivity index (χ0) is 28.8. The molecule has 3 aromatic carbocycles. The van der Waals surface area contributed by atoms with Crippen LogP contribution in [-0.4, -0.2) is 96.2 Å². The molecule has 2 saturated heterocycles. The number of hydrogen-bond donors (Lipinski definition) is 1. The molecule has 3 amide bonds. The minimum Gasteiger partial charge on any atom is -0.465 e. The van der Waals surface area contributed by atoms with E-state index in [2.05, 4.69) is 21.9 Å². The van der Waals surface area contributed by atoms with E-state index < -0.39 is 36.1 Å². The van der Waals surface area contributed by atoms with Gasteiger partial charge in [0.25, 0.3) is 5.91 Å². The fourth-order valence-corrected chi connectivity index (χ4v) is 5.85. The number of rotatable bonds is 10. The van der Waals surface area contributed by atoms with Gasteiger partial charge in [0.05, 0.1) is 19.3 Å². The van der Waals surface area contributed by atoms with Crippen molar-refractivity contribution in [1.82, 2.24) is 14.7 Å². The molecule has 3 aromatic rings. The van der Waals surface area contributed by atoms with Crippen molar-refractivity contribution in [1.29, 1.82) is 0 Å². The Hall–Kier alpha value is -4.21. The van der Waals surface area contributed by atoms with Crippen molar-refractivity contribution >= 4 is 23.6 Å². The van der Waals surface area contributed by atoms with Crippen molar-refractivity contribution in [3.8, 4) is 0 Å². The minimum atomic E-state index is -1.54. The number of carbonyl (C=O) groups is 3. The van der Waals surface area contributed by atoms with Crippen LogP contribution in [0.5, 0.6) is 0 Å². The molecule has 5 rings (SSSR count). The largest absolute Gasteiger partial charge is 0.465 e. The summed E-state index contributed by atoms with van der Waals surface area (Å²) in [6, 6.07) is 27.7. The second-order valence-electron chi connectivity index (χ2n) is 10.3. The van der Waals surface area contributed by atoms with Gasteiger partial charge in [0.1, 0.15) is 6.54 Å². The van der Waals surface area contributed by atoms with Crippen LogP contribution < -0.4 is 4.90 Å². The quantitative estimate of drug-likeness (QED) is 0.303. The molecule has 2 heterocycles. The third-order valence-electron chi connectivity index (χ3n) is 7.75. The molecule has 1 N–H and O–H groups in total. The fourth-order valence-electron chi connectivity index (χ4n) is 5.85. The van der Waals surface area contributed by atoms with Gasteiger partial charge in [-0.1, -0.05) is 78.9 Å². The van der Waals surface area contributed by atoms with E-state index >= 15 is 0 Å². The summed E-state index contributed by atoms with van der Waals surface area (Å²) in [5, 5.41) is 11.4. The monoisotopic (exact) mass is 556 g/mol. The summed E-state index contributed by atoms with van der Waals surface area (Å²) in [6.45, 7) is 4.73. The normalized spacial score (nSPS) is 18.0. The number of para-hydroxylation sites is 1. The molecule has 0 aromatic heterocycles. The fraction of sp³-hybridized carbons (Fsp3) is 0.344. The van der Waals surface area contributed by atoms with Gasteiger partial charge >= 0.3 is 12.0 Å². The van der Waals surface area contributed by atoms with Gasteiger partial charge in [-0.05, 0) is 30.2 Å². The Morgan fingerprint density at radius 3 is 1.90 bits per heavy atom. The Morgan fingerprint density at radius 1 is 0.829 bits per heavy atom. The molecular weight excluding hydrogens is 520 g/mol. The smallest absolute Gasteiger partial charge is 0.328 e. The lowest BCUT2D eigenvalue weighted by Gasteiger charge is -2.39. The van der Waals surface area contributed by atoms with Crippen molar-refractivity contribution in [2.45, 2.75) is 18.6 Å². The van der Waals surface area contributed by atoms with E-state index in [1.54, 1.807) is 31.2 Å². The lowest BCUT2D eigenvalue weighted by molar-refractivity contribution is -0.147. The molecule has 9 heteroatoms. The molecule has 0 saturated carbocycles. The van der Waals surface area contributed by atoms with Gasteiger partial charge in [-0.15, -0.1) is 0 Å². The molecular formula is C32H36N4O5. The van der Waals surface area contributed by atoms with Gasteiger partial charge in [-0.3, -0.25) is 24.3 Å². The zero-order valence-electron chi connectivity index (χ0n) is 23.3. The van der Waals surface area contributed by atoms with Crippen LogP contribution in [0.1, 0.15) is 18.1 Å². The number of imide groups is 1. The second-order valence-corrected chi connectivity index (χ2v) is 10.3. The molecule has 1 unspecified atom stereocenters. The summed E-state index contributed by atoms with van der Waals surface area (Å²) >= 11 is 0. The molecule has 2 aliphatic heterocycles. The lowest BCUT2D eigenvalue weighted by atomic mass is 9.81. The highest BCUT2D eigenvalue weighted by Gasteiger charge is 2.60.